The molecule has 0 heterocycles. The summed E-state index contributed by atoms with van der Waals surface area (Å²) in [4.78, 5) is 4.58. The number of nitrogens with zero attached hydrogens (tertiary/aromatic N) is 2. The molecule has 0 spiro atoms. The predicted octanol–water partition coefficient (Wildman–Crippen LogP) is 7.82. The highest BCUT2D eigenvalue weighted by Crippen LogP contribution is 2.19. The van der Waals surface area contributed by atoms with Gasteiger partial charge in [-0.2, -0.15) is 0 Å². The van der Waals surface area contributed by atoms with Crippen LogP contribution in [0.4, 0.5) is 5.69 Å². The van der Waals surface area contributed by atoms with Crippen molar-refractivity contribution in [2.75, 3.05) is 40.9 Å². The highest BCUT2D eigenvalue weighted by molar-refractivity contribution is 5.82. The second-order valence-corrected chi connectivity index (χ2v) is 10.2. The average molecular weight is 468 g/mol. The SMILES string of the molecule is CCCCCCCCCCOc1ccc(N=Cc2ccc(OCCCC[N+](C)(C)C)cc2)cc1. The molecule has 0 amide bonds. The number of aliphatic imine (C=N–C) groups is 1. The molecule has 188 valence electrons. The summed E-state index contributed by atoms with van der Waals surface area (Å²) in [6, 6.07) is 16.2. The van der Waals surface area contributed by atoms with Crippen LogP contribution in [0, 0.1) is 0 Å². The molecular weight excluding hydrogens is 420 g/mol. The van der Waals surface area contributed by atoms with Crippen molar-refractivity contribution in [3.8, 4) is 11.5 Å². The van der Waals surface area contributed by atoms with Crippen LogP contribution in [-0.4, -0.2) is 51.6 Å². The summed E-state index contributed by atoms with van der Waals surface area (Å²) < 4.78 is 12.7. The number of rotatable bonds is 18. The van der Waals surface area contributed by atoms with E-state index >= 15 is 0 Å². The smallest absolute Gasteiger partial charge is 0.119 e. The third-order valence-electron chi connectivity index (χ3n) is 5.84. The van der Waals surface area contributed by atoms with E-state index in [0.29, 0.717) is 0 Å². The van der Waals surface area contributed by atoms with Gasteiger partial charge in [0.05, 0.1) is 46.6 Å². The normalized spacial score (nSPS) is 11.8. The van der Waals surface area contributed by atoms with Gasteiger partial charge in [0.25, 0.3) is 0 Å². The molecule has 0 bridgehead atoms. The van der Waals surface area contributed by atoms with Crippen LogP contribution >= 0.6 is 0 Å². The Morgan fingerprint density at radius 3 is 1.71 bits per heavy atom. The van der Waals surface area contributed by atoms with Crippen LogP contribution in [-0.2, 0) is 0 Å². The van der Waals surface area contributed by atoms with Crippen LogP contribution in [0.15, 0.2) is 53.5 Å². The molecule has 0 aliphatic carbocycles. The number of hydrogen-bond acceptors (Lipinski definition) is 3. The zero-order valence-electron chi connectivity index (χ0n) is 22.1. The van der Waals surface area contributed by atoms with E-state index in [2.05, 4.69) is 33.1 Å². The van der Waals surface area contributed by atoms with Crippen molar-refractivity contribution in [1.82, 2.24) is 0 Å². The van der Waals surface area contributed by atoms with E-state index in [9.17, 15) is 0 Å². The molecule has 2 rings (SSSR count). The van der Waals surface area contributed by atoms with Crippen LogP contribution in [0.2, 0.25) is 0 Å². The van der Waals surface area contributed by atoms with E-state index < -0.39 is 0 Å². The summed E-state index contributed by atoms with van der Waals surface area (Å²) in [6.07, 6.45) is 14.7. The molecule has 4 heteroatoms. The molecule has 0 saturated carbocycles. The molecule has 2 aromatic rings. The quantitative estimate of drug-likeness (QED) is 0.127. The number of hydrogen-bond donors (Lipinski definition) is 0. The van der Waals surface area contributed by atoms with E-state index in [4.69, 9.17) is 9.47 Å². The fourth-order valence-corrected chi connectivity index (χ4v) is 3.73. The third-order valence-corrected chi connectivity index (χ3v) is 5.84. The third kappa shape index (κ3) is 13.4. The van der Waals surface area contributed by atoms with Crippen molar-refractivity contribution in [2.24, 2.45) is 4.99 Å². The molecule has 34 heavy (non-hydrogen) atoms. The van der Waals surface area contributed by atoms with Gasteiger partial charge < -0.3 is 14.0 Å². The van der Waals surface area contributed by atoms with Gasteiger partial charge in [-0.3, -0.25) is 4.99 Å². The Kier molecular flexibility index (Phi) is 13.4. The zero-order valence-corrected chi connectivity index (χ0v) is 22.1. The Hall–Kier alpha value is -2.33. The lowest BCUT2D eigenvalue weighted by molar-refractivity contribution is -0.870. The first kappa shape index (κ1) is 27.9. The van der Waals surface area contributed by atoms with Crippen LogP contribution in [0.25, 0.3) is 0 Å². The van der Waals surface area contributed by atoms with Crippen molar-refractivity contribution in [3.05, 3.63) is 54.1 Å². The number of benzene rings is 2. The van der Waals surface area contributed by atoms with E-state index in [1.54, 1.807) is 0 Å². The number of quaternary nitrogens is 1. The Labute approximate surface area is 208 Å². The molecule has 0 fully saturated rings. The fraction of sp³-hybridized carbons (Fsp3) is 0.567. The molecule has 0 unspecified atom stereocenters. The maximum atomic E-state index is 5.88. The molecule has 0 aliphatic rings. The molecule has 0 aliphatic heterocycles. The minimum atomic E-state index is 0.765. The fourth-order valence-electron chi connectivity index (χ4n) is 3.73. The van der Waals surface area contributed by atoms with Crippen LogP contribution in [0.1, 0.15) is 76.7 Å². The Morgan fingerprint density at radius 1 is 0.647 bits per heavy atom. The molecule has 4 nitrogen and oxygen atoms in total. The monoisotopic (exact) mass is 467 g/mol. The van der Waals surface area contributed by atoms with Gasteiger partial charge in [-0.25, -0.2) is 0 Å². The number of unbranched alkanes of at least 4 members (excludes halogenated alkanes) is 8. The lowest BCUT2D eigenvalue weighted by Gasteiger charge is -2.23. The second-order valence-electron chi connectivity index (χ2n) is 10.2. The minimum absolute atomic E-state index is 0.765. The van der Waals surface area contributed by atoms with Crippen molar-refractivity contribution in [3.63, 3.8) is 0 Å². The predicted molar refractivity (Wildman–Crippen MR) is 146 cm³/mol. The molecule has 0 N–H and O–H groups in total. The van der Waals surface area contributed by atoms with Gasteiger partial charge in [0.1, 0.15) is 11.5 Å². The summed E-state index contributed by atoms with van der Waals surface area (Å²) >= 11 is 0. The van der Waals surface area contributed by atoms with Gasteiger partial charge in [-0.05, 0) is 73.4 Å². The molecule has 0 radical (unpaired) electrons. The van der Waals surface area contributed by atoms with Crippen LogP contribution in [0.5, 0.6) is 11.5 Å². The molecular formula is C30H47N2O2+. The van der Waals surface area contributed by atoms with E-state index in [1.165, 1.54) is 57.9 Å². The summed E-state index contributed by atoms with van der Waals surface area (Å²) in [7, 11) is 6.67. The standard InChI is InChI=1S/C30H47N2O2/c1-5-6-7-8-9-10-11-13-24-33-30-21-17-28(18-22-30)31-26-27-15-19-29(20-16-27)34-25-14-12-23-32(2,3)4/h15-22,26H,5-14,23-25H2,1-4H3/q+1. The summed E-state index contributed by atoms with van der Waals surface area (Å²) in [5, 5.41) is 0. The number of ether oxygens (including phenoxy) is 2. The molecule has 2 aromatic carbocycles. The minimum Gasteiger partial charge on any atom is -0.494 e. The van der Waals surface area contributed by atoms with Crippen molar-refractivity contribution in [2.45, 2.75) is 71.1 Å². The largest absolute Gasteiger partial charge is 0.494 e. The molecule has 0 atom stereocenters. The maximum absolute atomic E-state index is 5.88. The maximum Gasteiger partial charge on any atom is 0.119 e. The van der Waals surface area contributed by atoms with Crippen molar-refractivity contribution >= 4 is 11.9 Å². The first-order valence-electron chi connectivity index (χ1n) is 13.3. The Balaban J connectivity index is 1.62. The van der Waals surface area contributed by atoms with Gasteiger partial charge in [-0.1, -0.05) is 51.9 Å². The molecule has 0 saturated heterocycles. The lowest BCUT2D eigenvalue weighted by Crippen LogP contribution is -2.35. The van der Waals surface area contributed by atoms with Gasteiger partial charge in [0, 0.05) is 6.21 Å². The zero-order chi connectivity index (χ0) is 24.5. The first-order chi connectivity index (χ1) is 16.5. The first-order valence-corrected chi connectivity index (χ1v) is 13.3. The topological polar surface area (TPSA) is 30.8 Å². The van der Waals surface area contributed by atoms with Crippen molar-refractivity contribution < 1.29 is 14.0 Å². The van der Waals surface area contributed by atoms with Crippen LogP contribution < -0.4 is 9.47 Å². The lowest BCUT2D eigenvalue weighted by atomic mass is 10.1. The summed E-state index contributed by atoms with van der Waals surface area (Å²) in [5.74, 6) is 1.84. The van der Waals surface area contributed by atoms with E-state index in [1.807, 2.05) is 54.7 Å². The van der Waals surface area contributed by atoms with Crippen LogP contribution in [0.3, 0.4) is 0 Å². The van der Waals surface area contributed by atoms with Crippen molar-refractivity contribution in [1.29, 1.82) is 0 Å². The van der Waals surface area contributed by atoms with Gasteiger partial charge >= 0.3 is 0 Å². The summed E-state index contributed by atoms with van der Waals surface area (Å²) in [5.41, 5.74) is 1.99. The van der Waals surface area contributed by atoms with Gasteiger partial charge in [-0.15, -0.1) is 0 Å². The average Bonchev–Trinajstić information content (AvgIpc) is 2.82. The van der Waals surface area contributed by atoms with E-state index in [0.717, 1.165) is 53.3 Å². The summed E-state index contributed by atoms with van der Waals surface area (Å²) in [6.45, 7) is 5.00. The Bertz CT molecular complexity index is 792. The highest BCUT2D eigenvalue weighted by atomic mass is 16.5. The molecule has 0 aromatic heterocycles. The van der Waals surface area contributed by atoms with E-state index in [-0.39, 0.29) is 0 Å². The second kappa shape index (κ2) is 16.3. The van der Waals surface area contributed by atoms with Gasteiger partial charge in [0.15, 0.2) is 0 Å². The highest BCUT2D eigenvalue weighted by Gasteiger charge is 2.05. The van der Waals surface area contributed by atoms with Gasteiger partial charge in [0.2, 0.25) is 0 Å². The Morgan fingerprint density at radius 2 is 1.15 bits per heavy atom.